The SMILES string of the molecule is O=S(=O)(NO)c1ccc(N2CCOCC2)nc1. The molecule has 0 atom stereocenters. The average molecular weight is 259 g/mol. The number of rotatable bonds is 3. The number of pyridine rings is 1. The molecule has 2 heterocycles. The van der Waals surface area contributed by atoms with E-state index >= 15 is 0 Å². The maximum Gasteiger partial charge on any atom is 0.263 e. The van der Waals surface area contributed by atoms with E-state index in [2.05, 4.69) is 4.98 Å². The van der Waals surface area contributed by atoms with E-state index in [1.54, 1.807) is 6.07 Å². The molecule has 0 aliphatic carbocycles. The monoisotopic (exact) mass is 259 g/mol. The van der Waals surface area contributed by atoms with E-state index in [9.17, 15) is 8.42 Å². The Bertz CT molecular complexity index is 468. The first-order valence-electron chi connectivity index (χ1n) is 5.08. The van der Waals surface area contributed by atoms with Gasteiger partial charge in [0, 0.05) is 19.3 Å². The van der Waals surface area contributed by atoms with Crippen LogP contribution < -0.4 is 9.79 Å². The Kier molecular flexibility index (Phi) is 3.57. The summed E-state index contributed by atoms with van der Waals surface area (Å²) >= 11 is 0. The van der Waals surface area contributed by atoms with Gasteiger partial charge in [-0.25, -0.2) is 13.4 Å². The molecule has 2 rings (SSSR count). The standard InChI is InChI=1S/C9H13N3O4S/c13-11-17(14,15)8-1-2-9(10-7-8)12-3-5-16-6-4-12/h1-2,7,11,13H,3-6H2. The highest BCUT2D eigenvalue weighted by atomic mass is 32.2. The van der Waals surface area contributed by atoms with Crippen LogP contribution in [0.4, 0.5) is 5.82 Å². The van der Waals surface area contributed by atoms with Crippen LogP contribution in [-0.2, 0) is 14.8 Å². The summed E-state index contributed by atoms with van der Waals surface area (Å²) in [7, 11) is -3.85. The number of hydrogen-bond donors (Lipinski definition) is 2. The van der Waals surface area contributed by atoms with Gasteiger partial charge in [0.1, 0.15) is 10.7 Å². The molecule has 7 nitrogen and oxygen atoms in total. The normalized spacial score (nSPS) is 17.1. The molecular formula is C9H13N3O4S. The maximum atomic E-state index is 11.3. The molecule has 1 saturated heterocycles. The summed E-state index contributed by atoms with van der Waals surface area (Å²) in [6.07, 6.45) is 1.21. The second-order valence-electron chi connectivity index (χ2n) is 3.55. The van der Waals surface area contributed by atoms with Gasteiger partial charge in [-0.1, -0.05) is 4.89 Å². The van der Waals surface area contributed by atoms with E-state index in [-0.39, 0.29) is 4.90 Å². The molecule has 0 unspecified atom stereocenters. The molecule has 2 N–H and O–H groups in total. The number of hydrogen-bond acceptors (Lipinski definition) is 6. The van der Waals surface area contributed by atoms with Gasteiger partial charge in [-0.15, -0.1) is 0 Å². The Balaban J connectivity index is 2.18. The second-order valence-corrected chi connectivity index (χ2v) is 5.21. The Labute approximate surface area is 99.0 Å². The molecule has 8 heteroatoms. The molecule has 0 saturated carbocycles. The van der Waals surface area contributed by atoms with Gasteiger partial charge >= 0.3 is 0 Å². The van der Waals surface area contributed by atoms with E-state index in [1.807, 2.05) is 4.90 Å². The predicted molar refractivity (Wildman–Crippen MR) is 59.4 cm³/mol. The number of sulfonamides is 1. The van der Waals surface area contributed by atoms with Crippen LogP contribution in [0.5, 0.6) is 0 Å². The highest BCUT2D eigenvalue weighted by Gasteiger charge is 2.15. The van der Waals surface area contributed by atoms with Crippen molar-refractivity contribution in [3.8, 4) is 0 Å². The molecule has 17 heavy (non-hydrogen) atoms. The summed E-state index contributed by atoms with van der Waals surface area (Å²) < 4.78 is 27.7. The average Bonchev–Trinajstić information content (AvgIpc) is 2.40. The molecule has 1 aliphatic heterocycles. The topological polar surface area (TPSA) is 91.8 Å². The zero-order valence-corrected chi connectivity index (χ0v) is 9.85. The van der Waals surface area contributed by atoms with Gasteiger partial charge in [-0.3, -0.25) is 0 Å². The van der Waals surface area contributed by atoms with Gasteiger partial charge in [0.05, 0.1) is 13.2 Å². The van der Waals surface area contributed by atoms with Crippen molar-refractivity contribution in [1.82, 2.24) is 9.87 Å². The zero-order chi connectivity index (χ0) is 12.3. The number of anilines is 1. The maximum absolute atomic E-state index is 11.3. The number of nitrogens with one attached hydrogen (secondary N) is 1. The third-order valence-electron chi connectivity index (χ3n) is 2.49. The first kappa shape index (κ1) is 12.2. The van der Waals surface area contributed by atoms with Crippen molar-refractivity contribution in [2.45, 2.75) is 4.90 Å². The quantitative estimate of drug-likeness (QED) is 0.717. The summed E-state index contributed by atoms with van der Waals surface area (Å²) in [6, 6.07) is 3.01. The minimum absolute atomic E-state index is 0.0722. The van der Waals surface area contributed by atoms with Crippen LogP contribution >= 0.6 is 0 Å². The summed E-state index contributed by atoms with van der Waals surface area (Å²) in [5.41, 5.74) is 0. The van der Waals surface area contributed by atoms with Crippen molar-refractivity contribution in [3.05, 3.63) is 18.3 Å². The number of morpholine rings is 1. The van der Waals surface area contributed by atoms with Gasteiger partial charge < -0.3 is 14.8 Å². The van der Waals surface area contributed by atoms with E-state index < -0.39 is 10.0 Å². The smallest absolute Gasteiger partial charge is 0.263 e. The first-order valence-corrected chi connectivity index (χ1v) is 6.56. The molecule has 1 aromatic heterocycles. The van der Waals surface area contributed by atoms with Crippen LogP contribution in [0.15, 0.2) is 23.2 Å². The Morgan fingerprint density at radius 3 is 2.59 bits per heavy atom. The van der Waals surface area contributed by atoms with Crippen molar-refractivity contribution in [3.63, 3.8) is 0 Å². The lowest BCUT2D eigenvalue weighted by molar-refractivity contribution is 0.122. The van der Waals surface area contributed by atoms with Crippen molar-refractivity contribution < 1.29 is 18.4 Å². The molecule has 0 amide bonds. The summed E-state index contributed by atoms with van der Waals surface area (Å²) in [5, 5.41) is 8.47. The fourth-order valence-electron chi connectivity index (χ4n) is 1.56. The Morgan fingerprint density at radius 2 is 2.06 bits per heavy atom. The fourth-order valence-corrected chi connectivity index (χ4v) is 2.11. The third kappa shape index (κ3) is 2.72. The Hall–Kier alpha value is -1.22. The minimum Gasteiger partial charge on any atom is -0.378 e. The van der Waals surface area contributed by atoms with Crippen molar-refractivity contribution in [1.29, 1.82) is 0 Å². The molecule has 0 spiro atoms. The van der Waals surface area contributed by atoms with Gasteiger partial charge in [0.15, 0.2) is 0 Å². The molecule has 1 fully saturated rings. The molecule has 0 aromatic carbocycles. The molecular weight excluding hydrogens is 246 g/mol. The lowest BCUT2D eigenvalue weighted by atomic mass is 10.4. The molecule has 1 aliphatic rings. The third-order valence-corrected chi connectivity index (χ3v) is 3.59. The fraction of sp³-hybridized carbons (Fsp3) is 0.444. The van der Waals surface area contributed by atoms with Crippen LogP contribution in [0, 0.1) is 0 Å². The predicted octanol–water partition coefficient (Wildman–Crippen LogP) is -0.414. The second kappa shape index (κ2) is 4.96. The van der Waals surface area contributed by atoms with Crippen molar-refractivity contribution in [2.75, 3.05) is 31.2 Å². The van der Waals surface area contributed by atoms with Gasteiger partial charge in [0.25, 0.3) is 10.0 Å². The van der Waals surface area contributed by atoms with E-state index in [0.29, 0.717) is 19.0 Å². The number of nitrogens with zero attached hydrogens (tertiary/aromatic N) is 2. The van der Waals surface area contributed by atoms with Crippen LogP contribution in [0.3, 0.4) is 0 Å². The van der Waals surface area contributed by atoms with Crippen LogP contribution in [-0.4, -0.2) is 44.9 Å². The lowest BCUT2D eigenvalue weighted by Crippen LogP contribution is -2.36. The highest BCUT2D eigenvalue weighted by molar-refractivity contribution is 7.89. The summed E-state index contributed by atoms with van der Waals surface area (Å²) in [4.78, 5) is 7.25. The Morgan fingerprint density at radius 1 is 1.35 bits per heavy atom. The first-order chi connectivity index (χ1) is 8.13. The van der Waals surface area contributed by atoms with Crippen molar-refractivity contribution >= 4 is 15.8 Å². The summed E-state index contributed by atoms with van der Waals surface area (Å²) in [5.74, 6) is 0.699. The lowest BCUT2D eigenvalue weighted by Gasteiger charge is -2.27. The number of aromatic nitrogens is 1. The van der Waals surface area contributed by atoms with Gasteiger partial charge in [-0.05, 0) is 12.1 Å². The van der Waals surface area contributed by atoms with Crippen molar-refractivity contribution in [2.24, 2.45) is 0 Å². The van der Waals surface area contributed by atoms with Crippen LogP contribution in [0.25, 0.3) is 0 Å². The largest absolute Gasteiger partial charge is 0.378 e. The molecule has 0 bridgehead atoms. The van der Waals surface area contributed by atoms with Gasteiger partial charge in [0.2, 0.25) is 0 Å². The van der Waals surface area contributed by atoms with Gasteiger partial charge in [-0.2, -0.15) is 0 Å². The van der Waals surface area contributed by atoms with E-state index in [1.165, 1.54) is 17.1 Å². The van der Waals surface area contributed by atoms with E-state index in [0.717, 1.165) is 13.1 Å². The number of ether oxygens (including phenoxy) is 1. The molecule has 1 aromatic rings. The highest BCUT2D eigenvalue weighted by Crippen LogP contribution is 2.15. The minimum atomic E-state index is -3.85. The molecule has 0 radical (unpaired) electrons. The zero-order valence-electron chi connectivity index (χ0n) is 9.04. The van der Waals surface area contributed by atoms with E-state index in [4.69, 9.17) is 9.94 Å². The molecule has 94 valence electrons. The van der Waals surface area contributed by atoms with Crippen LogP contribution in [0.1, 0.15) is 0 Å². The van der Waals surface area contributed by atoms with Crippen LogP contribution in [0.2, 0.25) is 0 Å². The summed E-state index contributed by atoms with van der Waals surface area (Å²) in [6.45, 7) is 2.74.